The maximum absolute atomic E-state index is 11.2. The molecule has 0 aliphatic carbocycles. The van der Waals surface area contributed by atoms with Crippen LogP contribution in [0.25, 0.3) is 0 Å². The molecule has 1 aromatic rings. The highest BCUT2D eigenvalue weighted by molar-refractivity contribution is 7.90. The van der Waals surface area contributed by atoms with Crippen molar-refractivity contribution in [3.8, 4) is 5.88 Å². The van der Waals surface area contributed by atoms with Crippen molar-refractivity contribution in [1.82, 2.24) is 15.6 Å². The van der Waals surface area contributed by atoms with Gasteiger partial charge in [0.15, 0.2) is 5.96 Å². The third kappa shape index (κ3) is 9.25. The molecule has 0 aliphatic heterocycles. The Morgan fingerprint density at radius 1 is 1.40 bits per heavy atom. The number of nitrogens with zero attached hydrogens (tertiary/aromatic N) is 2. The van der Waals surface area contributed by atoms with E-state index in [1.54, 1.807) is 20.4 Å². The molecule has 0 bridgehead atoms. The monoisotopic (exact) mass is 372 g/mol. The highest BCUT2D eigenvalue weighted by Crippen LogP contribution is 2.13. The number of aliphatic imine (C=N–C) groups is 1. The lowest BCUT2D eigenvalue weighted by molar-refractivity contribution is 0.143. The lowest BCUT2D eigenvalue weighted by Gasteiger charge is -2.18. The molecule has 142 valence electrons. The van der Waals surface area contributed by atoms with Gasteiger partial charge >= 0.3 is 0 Å². The number of nitrogens with one attached hydrogen (secondary N) is 2. The maximum atomic E-state index is 11.2. The van der Waals surface area contributed by atoms with Gasteiger partial charge in [0.05, 0.1) is 12.4 Å². The van der Waals surface area contributed by atoms with E-state index in [9.17, 15) is 8.42 Å². The highest BCUT2D eigenvalue weighted by atomic mass is 32.2. The molecule has 8 nitrogen and oxygen atoms in total. The van der Waals surface area contributed by atoms with Crippen LogP contribution in [0, 0.1) is 0 Å². The van der Waals surface area contributed by atoms with Crippen LogP contribution < -0.4 is 15.4 Å². The number of aromatic nitrogens is 1. The van der Waals surface area contributed by atoms with Crippen LogP contribution in [-0.4, -0.2) is 64.8 Å². The predicted octanol–water partition coefficient (Wildman–Crippen LogP) is 0.595. The second-order valence-corrected chi connectivity index (χ2v) is 7.96. The number of guanidine groups is 1. The molecule has 0 radical (unpaired) electrons. The molecule has 0 amide bonds. The molecule has 2 N–H and O–H groups in total. The van der Waals surface area contributed by atoms with E-state index in [2.05, 4.69) is 20.6 Å². The first kappa shape index (κ1) is 21.2. The summed E-state index contributed by atoms with van der Waals surface area (Å²) in [5, 5.41) is 6.36. The fourth-order valence-electron chi connectivity index (χ4n) is 1.98. The van der Waals surface area contributed by atoms with Crippen LogP contribution in [0.2, 0.25) is 0 Å². The number of methoxy groups -OCH3 is 1. The number of rotatable bonds is 10. The Balaban J connectivity index is 2.54. The summed E-state index contributed by atoms with van der Waals surface area (Å²) in [5.41, 5.74) is 0.894. The SMILES string of the molecule is CN=C(NCc1cccnc1OCCOC)NC(C)CCS(C)(=O)=O. The second kappa shape index (κ2) is 10.9. The average molecular weight is 372 g/mol. The van der Waals surface area contributed by atoms with Gasteiger partial charge in [-0.2, -0.15) is 0 Å². The summed E-state index contributed by atoms with van der Waals surface area (Å²) < 4.78 is 33.1. The zero-order valence-electron chi connectivity index (χ0n) is 15.3. The normalized spacial score (nSPS) is 13.4. The van der Waals surface area contributed by atoms with Crippen LogP contribution in [0.3, 0.4) is 0 Å². The molecule has 1 unspecified atom stereocenters. The van der Waals surface area contributed by atoms with Gasteiger partial charge in [0.2, 0.25) is 5.88 Å². The van der Waals surface area contributed by atoms with Crippen LogP contribution in [0.1, 0.15) is 18.9 Å². The predicted molar refractivity (Wildman–Crippen MR) is 98.7 cm³/mol. The van der Waals surface area contributed by atoms with Gasteiger partial charge in [0, 0.05) is 44.8 Å². The Kier molecular flexibility index (Phi) is 9.22. The molecule has 9 heteroatoms. The van der Waals surface area contributed by atoms with E-state index in [4.69, 9.17) is 9.47 Å². The summed E-state index contributed by atoms with van der Waals surface area (Å²) >= 11 is 0. The van der Waals surface area contributed by atoms with Crippen molar-refractivity contribution in [3.05, 3.63) is 23.9 Å². The highest BCUT2D eigenvalue weighted by Gasteiger charge is 2.10. The summed E-state index contributed by atoms with van der Waals surface area (Å²) in [6.07, 6.45) is 3.42. The topological polar surface area (TPSA) is 102 Å². The molecule has 1 atom stereocenters. The van der Waals surface area contributed by atoms with E-state index in [0.29, 0.717) is 38.0 Å². The number of ether oxygens (including phenoxy) is 2. The van der Waals surface area contributed by atoms with Crippen molar-refractivity contribution in [2.75, 3.05) is 39.4 Å². The first-order valence-electron chi connectivity index (χ1n) is 8.06. The lowest BCUT2D eigenvalue weighted by Crippen LogP contribution is -2.42. The Labute approximate surface area is 150 Å². The van der Waals surface area contributed by atoms with E-state index >= 15 is 0 Å². The molecule has 1 heterocycles. The minimum atomic E-state index is -2.97. The standard InChI is InChI=1S/C16H28N4O4S/c1-13(7-11-25(4,21)22)20-16(17-2)19-12-14-6-5-8-18-15(14)24-10-9-23-3/h5-6,8,13H,7,9-12H2,1-4H3,(H2,17,19,20). The Morgan fingerprint density at radius 3 is 2.80 bits per heavy atom. The van der Waals surface area contributed by atoms with Gasteiger partial charge in [-0.1, -0.05) is 6.07 Å². The maximum Gasteiger partial charge on any atom is 0.218 e. The number of sulfone groups is 1. The van der Waals surface area contributed by atoms with Crippen molar-refractivity contribution in [2.24, 2.45) is 4.99 Å². The van der Waals surface area contributed by atoms with Gasteiger partial charge in [0.25, 0.3) is 0 Å². The summed E-state index contributed by atoms with van der Waals surface area (Å²) in [4.78, 5) is 8.38. The molecule has 1 aromatic heterocycles. The number of hydrogen-bond donors (Lipinski definition) is 2. The summed E-state index contributed by atoms with van der Waals surface area (Å²) in [6.45, 7) is 3.32. The molecule has 1 rings (SSSR count). The second-order valence-electron chi connectivity index (χ2n) is 5.70. The third-order valence-electron chi connectivity index (χ3n) is 3.35. The summed E-state index contributed by atoms with van der Waals surface area (Å²) in [6, 6.07) is 3.74. The van der Waals surface area contributed by atoms with Gasteiger partial charge in [-0.05, 0) is 19.4 Å². The Hall–Kier alpha value is -1.87. The Bertz CT molecular complexity index is 649. The minimum Gasteiger partial charge on any atom is -0.475 e. The first-order chi connectivity index (χ1) is 11.9. The van der Waals surface area contributed by atoms with E-state index in [1.165, 1.54) is 6.26 Å². The number of pyridine rings is 1. The fourth-order valence-corrected chi connectivity index (χ4v) is 2.76. The minimum absolute atomic E-state index is 0.0211. The molecule has 0 saturated carbocycles. The molecule has 0 aliphatic rings. The Morgan fingerprint density at radius 2 is 2.16 bits per heavy atom. The van der Waals surface area contributed by atoms with Gasteiger partial charge in [-0.25, -0.2) is 13.4 Å². The molecule has 0 saturated heterocycles. The van der Waals surface area contributed by atoms with Gasteiger partial charge < -0.3 is 20.1 Å². The molecule has 0 aromatic carbocycles. The molecule has 25 heavy (non-hydrogen) atoms. The third-order valence-corrected chi connectivity index (χ3v) is 4.33. The van der Waals surface area contributed by atoms with Crippen molar-refractivity contribution in [2.45, 2.75) is 25.9 Å². The zero-order valence-corrected chi connectivity index (χ0v) is 16.1. The van der Waals surface area contributed by atoms with Crippen molar-refractivity contribution in [3.63, 3.8) is 0 Å². The van der Waals surface area contributed by atoms with Crippen LogP contribution in [0.5, 0.6) is 5.88 Å². The molecule has 0 spiro atoms. The summed E-state index contributed by atoms with van der Waals surface area (Å²) in [7, 11) is 0.311. The van der Waals surface area contributed by atoms with Gasteiger partial charge in [-0.15, -0.1) is 0 Å². The molecular formula is C16H28N4O4S. The van der Waals surface area contributed by atoms with Crippen molar-refractivity contribution < 1.29 is 17.9 Å². The first-order valence-corrected chi connectivity index (χ1v) is 10.1. The smallest absolute Gasteiger partial charge is 0.218 e. The van der Waals surface area contributed by atoms with E-state index < -0.39 is 9.84 Å². The number of hydrogen-bond acceptors (Lipinski definition) is 6. The molecule has 0 fully saturated rings. The fraction of sp³-hybridized carbons (Fsp3) is 0.625. The van der Waals surface area contributed by atoms with Crippen molar-refractivity contribution >= 4 is 15.8 Å². The van der Waals surface area contributed by atoms with E-state index in [0.717, 1.165) is 5.56 Å². The molecular weight excluding hydrogens is 344 g/mol. The van der Waals surface area contributed by atoms with Gasteiger partial charge in [0.1, 0.15) is 16.4 Å². The van der Waals surface area contributed by atoms with Crippen LogP contribution in [0.15, 0.2) is 23.3 Å². The van der Waals surface area contributed by atoms with Crippen LogP contribution in [0.4, 0.5) is 0 Å². The average Bonchev–Trinajstić information content (AvgIpc) is 2.57. The lowest BCUT2D eigenvalue weighted by atomic mass is 10.2. The van der Waals surface area contributed by atoms with Crippen LogP contribution in [-0.2, 0) is 21.1 Å². The largest absolute Gasteiger partial charge is 0.475 e. The quantitative estimate of drug-likeness (QED) is 0.352. The van der Waals surface area contributed by atoms with Gasteiger partial charge in [-0.3, -0.25) is 4.99 Å². The van der Waals surface area contributed by atoms with Crippen molar-refractivity contribution in [1.29, 1.82) is 0 Å². The van der Waals surface area contributed by atoms with E-state index in [-0.39, 0.29) is 11.8 Å². The van der Waals surface area contributed by atoms with E-state index in [1.807, 2.05) is 19.1 Å². The summed E-state index contributed by atoms with van der Waals surface area (Å²) in [5.74, 6) is 1.28. The zero-order chi connectivity index (χ0) is 18.7. The van der Waals surface area contributed by atoms with Crippen LogP contribution >= 0.6 is 0 Å².